The van der Waals surface area contributed by atoms with Crippen molar-refractivity contribution in [3.05, 3.63) is 0 Å². The second-order valence-electron chi connectivity index (χ2n) is 4.56. The SMILES string of the molecule is CCC1CNC(C)(C2CC2)CN1. The van der Waals surface area contributed by atoms with Crippen molar-refractivity contribution in [1.29, 1.82) is 0 Å². The molecule has 1 saturated heterocycles. The summed E-state index contributed by atoms with van der Waals surface area (Å²) in [6, 6.07) is 0.705. The number of hydrogen-bond acceptors (Lipinski definition) is 2. The zero-order chi connectivity index (χ0) is 8.60. The van der Waals surface area contributed by atoms with Gasteiger partial charge in [-0.15, -0.1) is 0 Å². The van der Waals surface area contributed by atoms with Crippen LogP contribution in [0.25, 0.3) is 0 Å². The van der Waals surface area contributed by atoms with E-state index >= 15 is 0 Å². The van der Waals surface area contributed by atoms with E-state index in [1.54, 1.807) is 0 Å². The monoisotopic (exact) mass is 168 g/mol. The molecule has 0 aromatic carbocycles. The fourth-order valence-corrected chi connectivity index (χ4v) is 2.15. The molecule has 70 valence electrons. The largest absolute Gasteiger partial charge is 0.311 e. The summed E-state index contributed by atoms with van der Waals surface area (Å²) >= 11 is 0. The van der Waals surface area contributed by atoms with Gasteiger partial charge in [0.15, 0.2) is 0 Å². The Morgan fingerprint density at radius 2 is 2.17 bits per heavy atom. The molecule has 1 heterocycles. The molecule has 2 fully saturated rings. The van der Waals surface area contributed by atoms with Gasteiger partial charge in [-0.3, -0.25) is 0 Å². The molecule has 2 unspecified atom stereocenters. The highest BCUT2D eigenvalue weighted by Gasteiger charge is 2.42. The highest BCUT2D eigenvalue weighted by Crippen LogP contribution is 2.39. The van der Waals surface area contributed by atoms with Crippen LogP contribution in [-0.2, 0) is 0 Å². The summed E-state index contributed by atoms with van der Waals surface area (Å²) in [5.74, 6) is 0.947. The second kappa shape index (κ2) is 3.00. The van der Waals surface area contributed by atoms with Gasteiger partial charge in [0.25, 0.3) is 0 Å². The third-order valence-corrected chi connectivity index (χ3v) is 3.48. The summed E-state index contributed by atoms with van der Waals surface area (Å²) in [4.78, 5) is 0. The molecular weight excluding hydrogens is 148 g/mol. The summed E-state index contributed by atoms with van der Waals surface area (Å²) in [6.07, 6.45) is 4.11. The minimum atomic E-state index is 0.408. The molecule has 0 aromatic heterocycles. The first kappa shape index (κ1) is 8.52. The van der Waals surface area contributed by atoms with Crippen molar-refractivity contribution in [2.24, 2.45) is 5.92 Å². The van der Waals surface area contributed by atoms with E-state index in [4.69, 9.17) is 0 Å². The average Bonchev–Trinajstić information content (AvgIpc) is 2.88. The van der Waals surface area contributed by atoms with Gasteiger partial charge in [0.2, 0.25) is 0 Å². The van der Waals surface area contributed by atoms with Crippen LogP contribution in [0.15, 0.2) is 0 Å². The Kier molecular flexibility index (Phi) is 2.13. The molecule has 0 bridgehead atoms. The van der Waals surface area contributed by atoms with Gasteiger partial charge >= 0.3 is 0 Å². The van der Waals surface area contributed by atoms with Crippen molar-refractivity contribution < 1.29 is 0 Å². The molecule has 1 aliphatic carbocycles. The lowest BCUT2D eigenvalue weighted by Crippen LogP contribution is -2.62. The summed E-state index contributed by atoms with van der Waals surface area (Å²) in [6.45, 7) is 6.93. The molecule has 2 N–H and O–H groups in total. The zero-order valence-electron chi connectivity index (χ0n) is 8.19. The molecule has 0 aromatic rings. The van der Waals surface area contributed by atoms with Gasteiger partial charge in [0.1, 0.15) is 0 Å². The van der Waals surface area contributed by atoms with Gasteiger partial charge in [-0.1, -0.05) is 6.92 Å². The van der Waals surface area contributed by atoms with E-state index in [1.165, 1.54) is 19.3 Å². The molecule has 0 spiro atoms. The molecule has 12 heavy (non-hydrogen) atoms. The first-order valence-corrected chi connectivity index (χ1v) is 5.23. The van der Waals surface area contributed by atoms with E-state index in [-0.39, 0.29) is 0 Å². The highest BCUT2D eigenvalue weighted by atomic mass is 15.1. The van der Waals surface area contributed by atoms with Crippen LogP contribution < -0.4 is 10.6 Å². The molecule has 2 aliphatic rings. The van der Waals surface area contributed by atoms with Gasteiger partial charge in [-0.2, -0.15) is 0 Å². The van der Waals surface area contributed by atoms with Crippen LogP contribution in [0.5, 0.6) is 0 Å². The summed E-state index contributed by atoms with van der Waals surface area (Å²) < 4.78 is 0. The lowest BCUT2D eigenvalue weighted by Gasteiger charge is -2.39. The first-order chi connectivity index (χ1) is 5.74. The van der Waals surface area contributed by atoms with Gasteiger partial charge in [-0.25, -0.2) is 0 Å². The van der Waals surface area contributed by atoms with Crippen LogP contribution in [0.1, 0.15) is 33.1 Å². The van der Waals surface area contributed by atoms with Gasteiger partial charge in [0, 0.05) is 24.7 Å². The van der Waals surface area contributed by atoms with E-state index in [0.29, 0.717) is 11.6 Å². The van der Waals surface area contributed by atoms with E-state index in [2.05, 4.69) is 24.5 Å². The zero-order valence-corrected chi connectivity index (χ0v) is 8.19. The van der Waals surface area contributed by atoms with Gasteiger partial charge < -0.3 is 10.6 Å². The maximum atomic E-state index is 3.70. The van der Waals surface area contributed by atoms with Crippen molar-refractivity contribution in [3.63, 3.8) is 0 Å². The molecule has 0 radical (unpaired) electrons. The van der Waals surface area contributed by atoms with Crippen LogP contribution in [-0.4, -0.2) is 24.7 Å². The number of rotatable bonds is 2. The molecule has 1 aliphatic heterocycles. The minimum Gasteiger partial charge on any atom is -0.311 e. The van der Waals surface area contributed by atoms with E-state index in [9.17, 15) is 0 Å². The average molecular weight is 168 g/mol. The quantitative estimate of drug-likeness (QED) is 0.646. The Hall–Kier alpha value is -0.0800. The summed E-state index contributed by atoms with van der Waals surface area (Å²) in [7, 11) is 0. The highest BCUT2D eigenvalue weighted by molar-refractivity contribution is 5.02. The fraction of sp³-hybridized carbons (Fsp3) is 1.00. The Balaban J connectivity index is 1.87. The number of hydrogen-bond donors (Lipinski definition) is 2. The maximum absolute atomic E-state index is 3.70. The van der Waals surface area contributed by atoms with Crippen molar-refractivity contribution in [1.82, 2.24) is 10.6 Å². The standard InChI is InChI=1S/C10H20N2/c1-3-9-6-12-10(2,7-11-9)8-4-5-8/h8-9,11-12H,3-7H2,1-2H3. The minimum absolute atomic E-state index is 0.408. The van der Waals surface area contributed by atoms with E-state index in [1.807, 2.05) is 0 Å². The molecular formula is C10H20N2. The van der Waals surface area contributed by atoms with Crippen molar-refractivity contribution in [3.8, 4) is 0 Å². The lowest BCUT2D eigenvalue weighted by atomic mass is 9.92. The maximum Gasteiger partial charge on any atom is 0.0306 e. The Morgan fingerprint density at radius 3 is 2.58 bits per heavy atom. The van der Waals surface area contributed by atoms with Gasteiger partial charge in [-0.05, 0) is 32.1 Å². The van der Waals surface area contributed by atoms with Gasteiger partial charge in [0.05, 0.1) is 0 Å². The molecule has 2 rings (SSSR count). The molecule has 2 atom stereocenters. The Labute approximate surface area is 75.1 Å². The van der Waals surface area contributed by atoms with Crippen molar-refractivity contribution in [2.45, 2.75) is 44.7 Å². The van der Waals surface area contributed by atoms with Crippen LogP contribution in [0.4, 0.5) is 0 Å². The predicted octanol–water partition coefficient (Wildman–Crippen LogP) is 1.13. The third-order valence-electron chi connectivity index (χ3n) is 3.48. The smallest absolute Gasteiger partial charge is 0.0306 e. The van der Waals surface area contributed by atoms with Crippen LogP contribution in [0.3, 0.4) is 0 Å². The summed E-state index contributed by atoms with van der Waals surface area (Å²) in [5.41, 5.74) is 0.408. The predicted molar refractivity (Wildman–Crippen MR) is 51.2 cm³/mol. The van der Waals surface area contributed by atoms with Crippen LogP contribution in [0.2, 0.25) is 0 Å². The molecule has 2 nitrogen and oxygen atoms in total. The molecule has 1 saturated carbocycles. The second-order valence-corrected chi connectivity index (χ2v) is 4.56. The van der Waals surface area contributed by atoms with E-state index < -0.39 is 0 Å². The lowest BCUT2D eigenvalue weighted by molar-refractivity contribution is 0.222. The topological polar surface area (TPSA) is 24.1 Å². The third kappa shape index (κ3) is 1.50. The Bertz CT molecular complexity index is 155. The van der Waals surface area contributed by atoms with Crippen LogP contribution >= 0.6 is 0 Å². The number of nitrogens with one attached hydrogen (secondary N) is 2. The first-order valence-electron chi connectivity index (χ1n) is 5.23. The normalized spacial score (nSPS) is 43.0. The molecule has 0 amide bonds. The summed E-state index contributed by atoms with van der Waals surface area (Å²) in [5, 5.41) is 7.31. The Morgan fingerprint density at radius 1 is 1.42 bits per heavy atom. The van der Waals surface area contributed by atoms with Crippen molar-refractivity contribution >= 4 is 0 Å². The van der Waals surface area contributed by atoms with E-state index in [0.717, 1.165) is 19.0 Å². The van der Waals surface area contributed by atoms with Crippen LogP contribution in [0, 0.1) is 5.92 Å². The fourth-order valence-electron chi connectivity index (χ4n) is 2.15. The number of piperazine rings is 1. The molecule has 2 heteroatoms. The van der Waals surface area contributed by atoms with Crippen molar-refractivity contribution in [2.75, 3.05) is 13.1 Å².